The zero-order valence-electron chi connectivity index (χ0n) is 18.7. The van der Waals surface area contributed by atoms with Gasteiger partial charge in [-0.3, -0.25) is 9.59 Å². The molecule has 0 saturated carbocycles. The third-order valence-corrected chi connectivity index (χ3v) is 5.36. The van der Waals surface area contributed by atoms with Gasteiger partial charge in [-0.25, -0.2) is 4.98 Å². The average molecular weight is 451 g/mol. The molecule has 0 fully saturated rings. The Morgan fingerprint density at radius 3 is 2.44 bits per heavy atom. The summed E-state index contributed by atoms with van der Waals surface area (Å²) in [7, 11) is 0. The zero-order chi connectivity index (χ0) is 23.9. The molecule has 0 unspecified atom stereocenters. The number of hydrogen-bond donors (Lipinski definition) is 3. The lowest BCUT2D eigenvalue weighted by Crippen LogP contribution is -2.15. The normalized spacial score (nSPS) is 10.4. The van der Waals surface area contributed by atoms with Gasteiger partial charge in [0.2, 0.25) is 5.91 Å². The summed E-state index contributed by atoms with van der Waals surface area (Å²) in [5, 5.41) is 13.6. The fraction of sp³-hybridized carbons (Fsp3) is 0.0714. The number of anilines is 2. The summed E-state index contributed by atoms with van der Waals surface area (Å²) in [4.78, 5) is 29.7. The smallest absolute Gasteiger partial charge is 0.255 e. The van der Waals surface area contributed by atoms with Crippen LogP contribution < -0.4 is 10.6 Å². The van der Waals surface area contributed by atoms with Crippen molar-refractivity contribution in [2.24, 2.45) is 0 Å². The Balaban J connectivity index is 0.00000342. The minimum absolute atomic E-state index is 0. The molecule has 0 spiro atoms. The van der Waals surface area contributed by atoms with Gasteiger partial charge in [-0.05, 0) is 48.4 Å². The highest BCUT2D eigenvalue weighted by Gasteiger charge is 2.12. The summed E-state index contributed by atoms with van der Waals surface area (Å²) in [5.41, 5.74) is 4.91. The average Bonchev–Trinajstić information content (AvgIpc) is 2.85. The fourth-order valence-corrected chi connectivity index (χ4v) is 3.61. The lowest BCUT2D eigenvalue weighted by molar-refractivity contribution is -0.115. The monoisotopic (exact) mass is 450 g/mol. The van der Waals surface area contributed by atoms with E-state index in [4.69, 9.17) is 5.41 Å². The van der Waals surface area contributed by atoms with E-state index in [2.05, 4.69) is 15.6 Å². The molecule has 0 saturated heterocycles. The first kappa shape index (κ1) is 22.6. The Morgan fingerprint density at radius 1 is 0.912 bits per heavy atom. The standard InChI is InChI=1S/C28H24N4O2.H2/c1-19-8-5-6-11-23(19)28(34)31-25-15-14-21(17-22(25)18-29)24-12-7-13-26(30-24)32-27(33)16-20-9-3-2-4-10-20;/h2-15,17-18,29H,16H2,1H3,(H,31,34)(H,30,32,33);1H. The zero-order valence-corrected chi connectivity index (χ0v) is 18.7. The highest BCUT2D eigenvalue weighted by atomic mass is 16.2. The van der Waals surface area contributed by atoms with Gasteiger partial charge < -0.3 is 16.0 Å². The van der Waals surface area contributed by atoms with Crippen molar-refractivity contribution in [3.05, 3.63) is 113 Å². The second-order valence-corrected chi connectivity index (χ2v) is 7.83. The first-order valence-corrected chi connectivity index (χ1v) is 10.9. The molecular weight excluding hydrogens is 424 g/mol. The molecule has 4 rings (SSSR count). The first-order chi connectivity index (χ1) is 16.5. The van der Waals surface area contributed by atoms with Crippen LogP contribution in [0, 0.1) is 12.3 Å². The third kappa shape index (κ3) is 5.42. The summed E-state index contributed by atoms with van der Waals surface area (Å²) in [6, 6.07) is 27.6. The molecule has 3 aromatic carbocycles. The molecule has 1 aromatic heterocycles. The summed E-state index contributed by atoms with van der Waals surface area (Å²) in [5.74, 6) is 0.0762. The first-order valence-electron chi connectivity index (χ1n) is 10.9. The third-order valence-electron chi connectivity index (χ3n) is 5.36. The van der Waals surface area contributed by atoms with E-state index in [1.54, 1.807) is 24.3 Å². The highest BCUT2D eigenvalue weighted by Crippen LogP contribution is 2.25. The molecule has 0 atom stereocenters. The highest BCUT2D eigenvalue weighted by molar-refractivity contribution is 6.07. The van der Waals surface area contributed by atoms with Crippen molar-refractivity contribution >= 4 is 29.5 Å². The Morgan fingerprint density at radius 2 is 1.68 bits per heavy atom. The van der Waals surface area contributed by atoms with E-state index in [0.29, 0.717) is 28.3 Å². The van der Waals surface area contributed by atoms with Gasteiger partial charge in [-0.1, -0.05) is 60.7 Å². The lowest BCUT2D eigenvalue weighted by Gasteiger charge is -2.12. The van der Waals surface area contributed by atoms with Crippen LogP contribution in [0.4, 0.5) is 11.5 Å². The largest absolute Gasteiger partial charge is 0.321 e. The molecule has 6 heteroatoms. The Bertz CT molecular complexity index is 1360. The van der Waals surface area contributed by atoms with Crippen LogP contribution in [0.2, 0.25) is 0 Å². The summed E-state index contributed by atoms with van der Waals surface area (Å²) in [6.07, 6.45) is 1.46. The summed E-state index contributed by atoms with van der Waals surface area (Å²) in [6.45, 7) is 1.88. The van der Waals surface area contributed by atoms with E-state index in [1.165, 1.54) is 6.21 Å². The minimum atomic E-state index is -0.227. The maximum atomic E-state index is 12.7. The van der Waals surface area contributed by atoms with E-state index in [0.717, 1.165) is 16.7 Å². The lowest BCUT2D eigenvalue weighted by atomic mass is 10.0. The molecule has 0 radical (unpaired) electrons. The molecule has 1 heterocycles. The van der Waals surface area contributed by atoms with Crippen LogP contribution in [-0.4, -0.2) is 23.0 Å². The van der Waals surface area contributed by atoms with Gasteiger partial charge in [0.15, 0.2) is 0 Å². The molecule has 4 aromatic rings. The van der Waals surface area contributed by atoms with Gasteiger partial charge in [0.05, 0.1) is 12.1 Å². The fourth-order valence-electron chi connectivity index (χ4n) is 3.61. The predicted molar refractivity (Wildman–Crippen MR) is 138 cm³/mol. The Labute approximate surface area is 199 Å². The number of carbonyl (C=O) groups excluding carboxylic acids is 2. The SMILES string of the molecule is Cc1ccccc1C(=O)Nc1ccc(-c2cccc(NC(=O)Cc3ccccc3)n2)cc1C=N.[HH]. The number of carbonyl (C=O) groups is 2. The van der Waals surface area contributed by atoms with Gasteiger partial charge >= 0.3 is 0 Å². The summed E-state index contributed by atoms with van der Waals surface area (Å²) < 4.78 is 0. The number of rotatable bonds is 7. The van der Waals surface area contributed by atoms with Crippen molar-refractivity contribution in [1.82, 2.24) is 4.98 Å². The minimum Gasteiger partial charge on any atom is -0.321 e. The van der Waals surface area contributed by atoms with Gasteiger partial charge in [-0.2, -0.15) is 0 Å². The molecule has 34 heavy (non-hydrogen) atoms. The van der Waals surface area contributed by atoms with Crippen molar-refractivity contribution in [2.75, 3.05) is 10.6 Å². The molecule has 0 aliphatic rings. The number of aromatic nitrogens is 1. The number of hydrogen-bond acceptors (Lipinski definition) is 4. The Kier molecular flexibility index (Phi) is 6.89. The number of pyridine rings is 1. The van der Waals surface area contributed by atoms with Crippen LogP contribution in [0.15, 0.2) is 91.0 Å². The van der Waals surface area contributed by atoms with Crippen LogP contribution in [0.3, 0.4) is 0 Å². The van der Waals surface area contributed by atoms with Crippen molar-refractivity contribution in [1.29, 1.82) is 5.41 Å². The molecule has 0 bridgehead atoms. The predicted octanol–water partition coefficient (Wildman–Crippen LogP) is 5.73. The molecule has 170 valence electrons. The van der Waals surface area contributed by atoms with Gasteiger partial charge in [0.25, 0.3) is 5.91 Å². The second kappa shape index (κ2) is 10.4. The molecular formula is C28H26N4O2. The second-order valence-electron chi connectivity index (χ2n) is 7.83. The van der Waals surface area contributed by atoms with Gasteiger partial charge in [0.1, 0.15) is 5.82 Å². The van der Waals surface area contributed by atoms with E-state index in [9.17, 15) is 9.59 Å². The maximum Gasteiger partial charge on any atom is 0.255 e. The molecule has 2 amide bonds. The Hall–Kier alpha value is -4.58. The van der Waals surface area contributed by atoms with Crippen LogP contribution in [0.1, 0.15) is 28.5 Å². The number of aryl methyl sites for hydroxylation is 1. The molecule has 0 aliphatic carbocycles. The van der Waals surface area contributed by atoms with E-state index in [1.807, 2.05) is 73.7 Å². The number of nitrogens with zero attached hydrogens (tertiary/aromatic N) is 1. The van der Waals surface area contributed by atoms with Crippen molar-refractivity contribution in [3.63, 3.8) is 0 Å². The van der Waals surface area contributed by atoms with E-state index < -0.39 is 0 Å². The maximum absolute atomic E-state index is 12.7. The summed E-state index contributed by atoms with van der Waals surface area (Å²) >= 11 is 0. The van der Waals surface area contributed by atoms with Crippen molar-refractivity contribution in [3.8, 4) is 11.3 Å². The van der Waals surface area contributed by atoms with Crippen LogP contribution in [0.25, 0.3) is 11.3 Å². The number of nitrogens with one attached hydrogen (secondary N) is 3. The molecule has 6 nitrogen and oxygen atoms in total. The van der Waals surface area contributed by atoms with Crippen LogP contribution in [-0.2, 0) is 11.2 Å². The number of amides is 2. The van der Waals surface area contributed by atoms with Crippen LogP contribution >= 0.6 is 0 Å². The van der Waals surface area contributed by atoms with Gasteiger partial charge in [0, 0.05) is 30.0 Å². The van der Waals surface area contributed by atoms with Crippen molar-refractivity contribution in [2.45, 2.75) is 13.3 Å². The van der Waals surface area contributed by atoms with E-state index >= 15 is 0 Å². The van der Waals surface area contributed by atoms with E-state index in [-0.39, 0.29) is 19.7 Å². The van der Waals surface area contributed by atoms with Crippen molar-refractivity contribution < 1.29 is 11.0 Å². The quantitative estimate of drug-likeness (QED) is 0.314. The molecule has 3 N–H and O–H groups in total. The van der Waals surface area contributed by atoms with Crippen LogP contribution in [0.5, 0.6) is 0 Å². The van der Waals surface area contributed by atoms with Gasteiger partial charge in [-0.15, -0.1) is 0 Å². The topological polar surface area (TPSA) is 94.9 Å². The molecule has 0 aliphatic heterocycles. The number of benzene rings is 3.